The van der Waals surface area contributed by atoms with Crippen LogP contribution in [0.3, 0.4) is 0 Å². The second kappa shape index (κ2) is 6.52. The number of hydrogen-bond donors (Lipinski definition) is 1. The highest BCUT2D eigenvalue weighted by molar-refractivity contribution is 5.00. The molecule has 2 aromatic heterocycles. The highest BCUT2D eigenvalue weighted by Crippen LogP contribution is 2.12. The molecule has 19 heavy (non-hydrogen) atoms. The first-order valence-electron chi connectivity index (χ1n) is 6.84. The molecule has 2 heterocycles. The molecular weight excluding hydrogens is 238 g/mol. The largest absolute Gasteiger partial charge is 0.335 e. The Hall–Kier alpha value is -1.62. The highest BCUT2D eigenvalue weighted by Gasteiger charge is 2.10. The Morgan fingerprint density at radius 2 is 2.05 bits per heavy atom. The Morgan fingerprint density at radius 1 is 1.21 bits per heavy atom. The van der Waals surface area contributed by atoms with Crippen LogP contribution < -0.4 is 5.32 Å². The van der Waals surface area contributed by atoms with Gasteiger partial charge in [-0.1, -0.05) is 13.8 Å². The van der Waals surface area contributed by atoms with Crippen molar-refractivity contribution in [3.05, 3.63) is 36.9 Å². The van der Waals surface area contributed by atoms with E-state index in [2.05, 4.69) is 45.2 Å². The zero-order valence-corrected chi connectivity index (χ0v) is 12.0. The van der Waals surface area contributed by atoms with Crippen LogP contribution in [0.4, 0.5) is 0 Å². The van der Waals surface area contributed by atoms with Crippen LogP contribution in [0, 0.1) is 5.92 Å². The van der Waals surface area contributed by atoms with Crippen molar-refractivity contribution in [2.24, 2.45) is 5.92 Å². The van der Waals surface area contributed by atoms with Gasteiger partial charge in [0, 0.05) is 37.7 Å². The van der Waals surface area contributed by atoms with Gasteiger partial charge in [-0.2, -0.15) is 0 Å². The number of nitrogens with zero attached hydrogens (tertiary/aromatic N) is 4. The van der Waals surface area contributed by atoms with Gasteiger partial charge in [0.2, 0.25) is 0 Å². The fraction of sp³-hybridized carbons (Fsp3) is 0.571. The predicted octanol–water partition coefficient (Wildman–Crippen LogP) is 2.09. The van der Waals surface area contributed by atoms with Crippen LogP contribution in [-0.2, 0) is 13.1 Å². The summed E-state index contributed by atoms with van der Waals surface area (Å²) in [6, 6.07) is 0.368. The van der Waals surface area contributed by atoms with Crippen molar-refractivity contribution in [3.8, 4) is 0 Å². The molecule has 2 aromatic rings. The summed E-state index contributed by atoms with van der Waals surface area (Å²) in [5.41, 5.74) is 1.23. The first-order valence-corrected chi connectivity index (χ1v) is 6.84. The fourth-order valence-electron chi connectivity index (χ4n) is 2.14. The first-order chi connectivity index (χ1) is 9.16. The number of rotatable bonds is 7. The van der Waals surface area contributed by atoms with Crippen molar-refractivity contribution in [2.75, 3.05) is 6.54 Å². The first kappa shape index (κ1) is 13.8. The molecule has 1 N–H and O–H groups in total. The summed E-state index contributed by atoms with van der Waals surface area (Å²) in [4.78, 5) is 8.34. The maximum absolute atomic E-state index is 4.27. The fourth-order valence-corrected chi connectivity index (χ4v) is 2.14. The Balaban J connectivity index is 1.94. The maximum Gasteiger partial charge on any atom is 0.0951 e. The second-order valence-electron chi connectivity index (χ2n) is 5.43. The van der Waals surface area contributed by atoms with Gasteiger partial charge in [-0.15, -0.1) is 0 Å². The smallest absolute Gasteiger partial charge is 0.0951 e. The quantitative estimate of drug-likeness (QED) is 0.830. The van der Waals surface area contributed by atoms with Crippen LogP contribution in [0.15, 0.2) is 31.2 Å². The Morgan fingerprint density at radius 3 is 2.74 bits per heavy atom. The molecule has 0 bridgehead atoms. The lowest BCUT2D eigenvalue weighted by Gasteiger charge is -2.17. The van der Waals surface area contributed by atoms with E-state index >= 15 is 0 Å². The van der Waals surface area contributed by atoms with Gasteiger partial charge in [0.1, 0.15) is 0 Å². The van der Waals surface area contributed by atoms with Crippen molar-refractivity contribution in [1.82, 2.24) is 24.4 Å². The zero-order chi connectivity index (χ0) is 13.7. The molecule has 0 aliphatic carbocycles. The molecule has 1 unspecified atom stereocenters. The van der Waals surface area contributed by atoms with Gasteiger partial charge >= 0.3 is 0 Å². The minimum absolute atomic E-state index is 0.368. The zero-order valence-electron chi connectivity index (χ0n) is 12.0. The van der Waals surface area contributed by atoms with Crippen molar-refractivity contribution in [1.29, 1.82) is 0 Å². The predicted molar refractivity (Wildman–Crippen MR) is 75.7 cm³/mol. The standard InChI is InChI=1S/C14H23N5/c1-12(2)6-16-7-14-8-17-11-19(14)13(3)9-18-5-4-15-10-18/h4-5,8,10-13,16H,6-7,9H2,1-3H3. The van der Waals surface area contributed by atoms with E-state index in [9.17, 15) is 0 Å². The monoisotopic (exact) mass is 261 g/mol. The number of nitrogens with one attached hydrogen (secondary N) is 1. The van der Waals surface area contributed by atoms with E-state index in [1.807, 2.05) is 31.2 Å². The van der Waals surface area contributed by atoms with Crippen molar-refractivity contribution in [3.63, 3.8) is 0 Å². The van der Waals surface area contributed by atoms with Gasteiger partial charge in [-0.25, -0.2) is 9.97 Å². The molecule has 5 nitrogen and oxygen atoms in total. The van der Waals surface area contributed by atoms with E-state index < -0.39 is 0 Å². The van der Waals surface area contributed by atoms with Crippen LogP contribution in [0.1, 0.15) is 32.5 Å². The topological polar surface area (TPSA) is 47.7 Å². The molecule has 0 saturated carbocycles. The van der Waals surface area contributed by atoms with Gasteiger partial charge in [-0.3, -0.25) is 0 Å². The average molecular weight is 261 g/mol. The lowest BCUT2D eigenvalue weighted by Crippen LogP contribution is -2.22. The van der Waals surface area contributed by atoms with E-state index in [0.717, 1.165) is 19.6 Å². The molecule has 0 aliphatic heterocycles. The third kappa shape index (κ3) is 3.92. The van der Waals surface area contributed by atoms with Gasteiger partial charge in [-0.05, 0) is 19.4 Å². The minimum atomic E-state index is 0.368. The molecule has 5 heteroatoms. The van der Waals surface area contributed by atoms with Gasteiger partial charge in [0.05, 0.1) is 18.3 Å². The Labute approximate surface area is 114 Å². The van der Waals surface area contributed by atoms with Crippen LogP contribution in [0.5, 0.6) is 0 Å². The second-order valence-corrected chi connectivity index (χ2v) is 5.43. The van der Waals surface area contributed by atoms with Crippen LogP contribution in [0.25, 0.3) is 0 Å². The van der Waals surface area contributed by atoms with Gasteiger partial charge < -0.3 is 14.5 Å². The Bertz CT molecular complexity index is 472. The molecular formula is C14H23N5. The van der Waals surface area contributed by atoms with E-state index in [4.69, 9.17) is 0 Å². The number of hydrogen-bond acceptors (Lipinski definition) is 3. The summed E-state index contributed by atoms with van der Waals surface area (Å²) in [5, 5.41) is 3.46. The molecule has 0 spiro atoms. The van der Waals surface area contributed by atoms with Gasteiger partial charge in [0.25, 0.3) is 0 Å². The SMILES string of the molecule is CC(C)CNCc1cncn1C(C)Cn1ccnc1. The molecule has 0 saturated heterocycles. The lowest BCUT2D eigenvalue weighted by atomic mass is 10.2. The molecule has 2 rings (SSSR count). The molecule has 0 aromatic carbocycles. The van der Waals surface area contributed by atoms with E-state index in [0.29, 0.717) is 12.0 Å². The number of imidazole rings is 2. The van der Waals surface area contributed by atoms with E-state index in [1.54, 1.807) is 0 Å². The van der Waals surface area contributed by atoms with Gasteiger partial charge in [0.15, 0.2) is 0 Å². The van der Waals surface area contributed by atoms with Crippen molar-refractivity contribution < 1.29 is 0 Å². The van der Waals surface area contributed by atoms with Crippen LogP contribution in [-0.4, -0.2) is 25.6 Å². The third-order valence-electron chi connectivity index (χ3n) is 3.11. The molecule has 0 amide bonds. The summed E-state index contributed by atoms with van der Waals surface area (Å²) in [7, 11) is 0. The summed E-state index contributed by atoms with van der Waals surface area (Å²) in [5.74, 6) is 0.666. The number of aromatic nitrogens is 4. The summed E-state index contributed by atoms with van der Waals surface area (Å²) in [6.07, 6.45) is 9.51. The summed E-state index contributed by atoms with van der Waals surface area (Å²) < 4.78 is 4.32. The molecule has 0 radical (unpaired) electrons. The normalized spacial score (nSPS) is 13.1. The van der Waals surface area contributed by atoms with E-state index in [-0.39, 0.29) is 0 Å². The van der Waals surface area contributed by atoms with E-state index in [1.165, 1.54) is 5.69 Å². The van der Waals surface area contributed by atoms with Crippen molar-refractivity contribution >= 4 is 0 Å². The molecule has 0 fully saturated rings. The van der Waals surface area contributed by atoms with Crippen LogP contribution >= 0.6 is 0 Å². The van der Waals surface area contributed by atoms with Crippen LogP contribution in [0.2, 0.25) is 0 Å². The third-order valence-corrected chi connectivity index (χ3v) is 3.11. The molecule has 1 atom stereocenters. The average Bonchev–Trinajstić information content (AvgIpc) is 2.99. The minimum Gasteiger partial charge on any atom is -0.335 e. The Kier molecular flexibility index (Phi) is 4.74. The summed E-state index contributed by atoms with van der Waals surface area (Å²) >= 11 is 0. The maximum atomic E-state index is 4.27. The van der Waals surface area contributed by atoms with Crippen molar-refractivity contribution in [2.45, 2.75) is 39.9 Å². The highest BCUT2D eigenvalue weighted by atomic mass is 15.1. The lowest BCUT2D eigenvalue weighted by molar-refractivity contribution is 0.442. The summed E-state index contributed by atoms with van der Waals surface area (Å²) in [6.45, 7) is 9.44. The molecule has 0 aliphatic rings. The molecule has 104 valence electrons.